The first kappa shape index (κ1) is 13.9. The summed E-state index contributed by atoms with van der Waals surface area (Å²) in [6.07, 6.45) is 0. The monoisotopic (exact) mass is 254 g/mol. The lowest BCUT2D eigenvalue weighted by molar-refractivity contribution is -0.118. The second kappa shape index (κ2) is 7.19. The molecule has 0 saturated heterocycles. The van der Waals surface area contributed by atoms with Crippen molar-refractivity contribution in [3.8, 4) is 0 Å². The highest BCUT2D eigenvalue weighted by atomic mass is 32.2. The Kier molecular flexibility index (Phi) is 5.86. The van der Waals surface area contributed by atoms with Crippen molar-refractivity contribution in [2.75, 3.05) is 25.6 Å². The SMILES string of the molecule is CNC(=O)CS(=O)CC(NC)c1ccccc1. The lowest BCUT2D eigenvalue weighted by Crippen LogP contribution is -2.29. The molecule has 0 fully saturated rings. The minimum atomic E-state index is -1.15. The van der Waals surface area contributed by atoms with E-state index in [1.807, 2.05) is 37.4 Å². The van der Waals surface area contributed by atoms with E-state index in [2.05, 4.69) is 10.6 Å². The van der Waals surface area contributed by atoms with Gasteiger partial charge in [-0.1, -0.05) is 30.3 Å². The molecule has 1 amide bonds. The van der Waals surface area contributed by atoms with E-state index < -0.39 is 10.8 Å². The predicted molar refractivity (Wildman–Crippen MR) is 70.2 cm³/mol. The molecule has 0 aliphatic carbocycles. The summed E-state index contributed by atoms with van der Waals surface area (Å²) in [7, 11) is 2.22. The van der Waals surface area contributed by atoms with Crippen LogP contribution >= 0.6 is 0 Å². The molecule has 0 heterocycles. The molecule has 0 radical (unpaired) electrons. The average molecular weight is 254 g/mol. The molecule has 5 heteroatoms. The molecule has 1 aromatic carbocycles. The summed E-state index contributed by atoms with van der Waals surface area (Å²) < 4.78 is 11.8. The fourth-order valence-corrected chi connectivity index (χ4v) is 2.78. The third-order valence-corrected chi connectivity index (χ3v) is 3.76. The van der Waals surface area contributed by atoms with Crippen molar-refractivity contribution in [3.63, 3.8) is 0 Å². The van der Waals surface area contributed by atoms with Crippen LogP contribution in [0.15, 0.2) is 30.3 Å². The van der Waals surface area contributed by atoms with E-state index in [0.717, 1.165) is 5.56 Å². The lowest BCUT2D eigenvalue weighted by Gasteiger charge is -2.15. The van der Waals surface area contributed by atoms with Crippen LogP contribution in [0.3, 0.4) is 0 Å². The van der Waals surface area contributed by atoms with Gasteiger partial charge in [0.1, 0.15) is 5.75 Å². The number of nitrogens with one attached hydrogen (secondary N) is 2. The normalized spacial score (nSPS) is 14.0. The number of rotatable bonds is 6. The number of hydrogen-bond acceptors (Lipinski definition) is 3. The summed E-state index contributed by atoms with van der Waals surface area (Å²) in [5, 5.41) is 5.59. The molecule has 1 rings (SSSR count). The van der Waals surface area contributed by atoms with Gasteiger partial charge in [0.15, 0.2) is 0 Å². The van der Waals surface area contributed by atoms with Crippen LogP contribution in [0.1, 0.15) is 11.6 Å². The topological polar surface area (TPSA) is 58.2 Å². The van der Waals surface area contributed by atoms with Crippen molar-refractivity contribution in [3.05, 3.63) is 35.9 Å². The number of carbonyl (C=O) groups excluding carboxylic acids is 1. The van der Waals surface area contributed by atoms with Gasteiger partial charge < -0.3 is 10.6 Å². The maximum atomic E-state index is 11.8. The van der Waals surface area contributed by atoms with E-state index in [-0.39, 0.29) is 17.7 Å². The van der Waals surface area contributed by atoms with Crippen molar-refractivity contribution >= 4 is 16.7 Å². The van der Waals surface area contributed by atoms with E-state index in [0.29, 0.717) is 5.75 Å². The van der Waals surface area contributed by atoms with Gasteiger partial charge in [-0.05, 0) is 12.6 Å². The molecule has 2 atom stereocenters. The average Bonchev–Trinajstić information content (AvgIpc) is 2.36. The highest BCUT2D eigenvalue weighted by molar-refractivity contribution is 7.85. The Labute approximate surface area is 104 Å². The highest BCUT2D eigenvalue weighted by Gasteiger charge is 2.14. The molecule has 0 aliphatic heterocycles. The van der Waals surface area contributed by atoms with Crippen molar-refractivity contribution in [2.45, 2.75) is 6.04 Å². The van der Waals surface area contributed by atoms with Crippen molar-refractivity contribution < 1.29 is 9.00 Å². The summed E-state index contributed by atoms with van der Waals surface area (Å²) in [5.74, 6) is 0.307. The van der Waals surface area contributed by atoms with Gasteiger partial charge in [0.25, 0.3) is 0 Å². The lowest BCUT2D eigenvalue weighted by atomic mass is 10.1. The van der Waals surface area contributed by atoms with E-state index in [9.17, 15) is 9.00 Å². The van der Waals surface area contributed by atoms with Crippen LogP contribution in [-0.4, -0.2) is 35.7 Å². The van der Waals surface area contributed by atoms with Crippen LogP contribution in [0.25, 0.3) is 0 Å². The van der Waals surface area contributed by atoms with Gasteiger partial charge in [0.05, 0.1) is 0 Å². The molecule has 0 saturated carbocycles. The molecule has 2 unspecified atom stereocenters. The zero-order valence-electron chi connectivity index (χ0n) is 10.1. The first-order chi connectivity index (χ1) is 8.17. The van der Waals surface area contributed by atoms with E-state index in [1.54, 1.807) is 7.05 Å². The van der Waals surface area contributed by atoms with Gasteiger partial charge in [-0.2, -0.15) is 0 Å². The molecule has 2 N–H and O–H groups in total. The van der Waals surface area contributed by atoms with Crippen molar-refractivity contribution in [1.29, 1.82) is 0 Å². The van der Waals surface area contributed by atoms with Crippen molar-refractivity contribution in [2.24, 2.45) is 0 Å². The van der Waals surface area contributed by atoms with Gasteiger partial charge in [-0.3, -0.25) is 9.00 Å². The summed E-state index contributed by atoms with van der Waals surface area (Å²) >= 11 is 0. The smallest absolute Gasteiger partial charge is 0.232 e. The molecular formula is C12H18N2O2S. The zero-order chi connectivity index (χ0) is 12.7. The second-order valence-corrected chi connectivity index (χ2v) is 5.18. The Morgan fingerprint density at radius 1 is 1.29 bits per heavy atom. The summed E-state index contributed by atoms with van der Waals surface area (Å²) in [6.45, 7) is 0. The van der Waals surface area contributed by atoms with Crippen LogP contribution in [0.5, 0.6) is 0 Å². The van der Waals surface area contributed by atoms with Gasteiger partial charge in [-0.25, -0.2) is 0 Å². The Bertz CT molecular complexity index is 381. The van der Waals surface area contributed by atoms with Crippen LogP contribution in [0.4, 0.5) is 0 Å². The molecule has 17 heavy (non-hydrogen) atoms. The van der Waals surface area contributed by atoms with E-state index in [4.69, 9.17) is 0 Å². The van der Waals surface area contributed by atoms with E-state index >= 15 is 0 Å². The van der Waals surface area contributed by atoms with Crippen LogP contribution in [-0.2, 0) is 15.6 Å². The van der Waals surface area contributed by atoms with Gasteiger partial charge in [-0.15, -0.1) is 0 Å². The Balaban J connectivity index is 2.59. The zero-order valence-corrected chi connectivity index (χ0v) is 10.9. The number of benzene rings is 1. The Hall–Kier alpha value is -1.20. The largest absolute Gasteiger partial charge is 0.358 e. The quantitative estimate of drug-likeness (QED) is 0.774. The molecule has 4 nitrogen and oxygen atoms in total. The van der Waals surface area contributed by atoms with Gasteiger partial charge >= 0.3 is 0 Å². The third kappa shape index (κ3) is 4.66. The maximum absolute atomic E-state index is 11.8. The minimum absolute atomic E-state index is 0.0155. The highest BCUT2D eigenvalue weighted by Crippen LogP contribution is 2.13. The molecule has 0 bridgehead atoms. The third-order valence-electron chi connectivity index (χ3n) is 2.47. The molecule has 0 spiro atoms. The van der Waals surface area contributed by atoms with Crippen LogP contribution in [0.2, 0.25) is 0 Å². The first-order valence-corrected chi connectivity index (χ1v) is 6.94. The standard InChI is InChI=1S/C12H18N2O2S/c1-13-11(10-6-4-3-5-7-10)8-17(16)9-12(15)14-2/h3-7,11,13H,8-9H2,1-2H3,(H,14,15). The predicted octanol–water partition coefficient (Wildman–Crippen LogP) is 0.442. The molecule has 0 aliphatic rings. The molecule has 1 aromatic rings. The number of carbonyl (C=O) groups is 1. The van der Waals surface area contributed by atoms with E-state index in [1.165, 1.54) is 0 Å². The summed E-state index contributed by atoms with van der Waals surface area (Å²) in [6, 6.07) is 9.82. The Morgan fingerprint density at radius 3 is 2.47 bits per heavy atom. The van der Waals surface area contributed by atoms with Gasteiger partial charge in [0, 0.05) is 29.6 Å². The van der Waals surface area contributed by atoms with Gasteiger partial charge in [0.2, 0.25) is 5.91 Å². The summed E-state index contributed by atoms with van der Waals surface area (Å²) in [5.41, 5.74) is 1.08. The summed E-state index contributed by atoms with van der Waals surface area (Å²) in [4.78, 5) is 11.1. The minimum Gasteiger partial charge on any atom is -0.358 e. The number of amides is 1. The molecule has 0 aromatic heterocycles. The Morgan fingerprint density at radius 2 is 1.94 bits per heavy atom. The molecule has 94 valence electrons. The fourth-order valence-electron chi connectivity index (χ4n) is 1.49. The van der Waals surface area contributed by atoms with Crippen LogP contribution in [0, 0.1) is 0 Å². The van der Waals surface area contributed by atoms with Crippen LogP contribution < -0.4 is 10.6 Å². The molecular weight excluding hydrogens is 236 g/mol. The first-order valence-electron chi connectivity index (χ1n) is 5.45. The second-order valence-electron chi connectivity index (χ2n) is 3.68. The van der Waals surface area contributed by atoms with Crippen molar-refractivity contribution in [1.82, 2.24) is 10.6 Å². The fraction of sp³-hybridized carbons (Fsp3) is 0.417. The maximum Gasteiger partial charge on any atom is 0.232 e. The number of hydrogen-bond donors (Lipinski definition) is 2.